The summed E-state index contributed by atoms with van der Waals surface area (Å²) in [4.78, 5) is 22.7. The molecule has 0 aliphatic carbocycles. The molecule has 18 heavy (non-hydrogen) atoms. The molecule has 1 aromatic carbocycles. The molecule has 0 spiro atoms. The van der Waals surface area contributed by atoms with Crippen LogP contribution < -0.4 is 10.6 Å². The summed E-state index contributed by atoms with van der Waals surface area (Å²) >= 11 is 5.52. The van der Waals surface area contributed by atoms with Crippen LogP contribution in [0.3, 0.4) is 0 Å². The number of aryl methyl sites for hydroxylation is 1. The zero-order valence-corrected chi connectivity index (χ0v) is 10.7. The fourth-order valence-corrected chi connectivity index (χ4v) is 1.25. The first kappa shape index (κ1) is 14.0. The molecule has 1 atom stereocenters. The zero-order valence-electron chi connectivity index (χ0n) is 9.95. The third-order valence-corrected chi connectivity index (χ3v) is 2.41. The Morgan fingerprint density at radius 3 is 2.67 bits per heavy atom. The number of halogens is 1. The highest BCUT2D eigenvalue weighted by Crippen LogP contribution is 2.16. The van der Waals surface area contributed by atoms with Gasteiger partial charge in [-0.3, -0.25) is 10.1 Å². The first-order valence-electron chi connectivity index (χ1n) is 5.20. The van der Waals surface area contributed by atoms with Gasteiger partial charge in [-0.1, -0.05) is 6.07 Å². The van der Waals surface area contributed by atoms with E-state index in [-0.39, 0.29) is 0 Å². The minimum absolute atomic E-state index is 0.424. The maximum atomic E-state index is 11.5. The highest BCUT2D eigenvalue weighted by atomic mass is 35.5. The van der Waals surface area contributed by atoms with Gasteiger partial charge < -0.3 is 5.32 Å². The van der Waals surface area contributed by atoms with Gasteiger partial charge in [-0.2, -0.15) is 5.26 Å². The van der Waals surface area contributed by atoms with Gasteiger partial charge in [0.15, 0.2) is 0 Å². The lowest BCUT2D eigenvalue weighted by Gasteiger charge is -2.10. The maximum Gasteiger partial charge on any atom is 0.325 e. The highest BCUT2D eigenvalue weighted by Gasteiger charge is 2.13. The Balaban J connectivity index is 2.76. The Labute approximate surface area is 110 Å². The molecule has 1 rings (SSSR count). The lowest BCUT2D eigenvalue weighted by molar-refractivity contribution is -0.119. The number of hydrogen-bond donors (Lipinski definition) is 2. The van der Waals surface area contributed by atoms with E-state index in [2.05, 4.69) is 10.6 Å². The number of carbonyl (C=O) groups excluding carboxylic acids is 2. The summed E-state index contributed by atoms with van der Waals surface area (Å²) in [5, 5.41) is 12.5. The van der Waals surface area contributed by atoms with Gasteiger partial charge in [0.2, 0.25) is 5.91 Å². The lowest BCUT2D eigenvalue weighted by atomic mass is 10.1. The molecule has 1 aromatic rings. The second-order valence-corrected chi connectivity index (χ2v) is 4.36. The average molecular weight is 266 g/mol. The first-order chi connectivity index (χ1) is 8.43. The number of alkyl halides is 1. The smallest absolute Gasteiger partial charge is 0.307 e. The van der Waals surface area contributed by atoms with E-state index in [1.807, 2.05) is 6.07 Å². The number of hydrogen-bond acceptors (Lipinski definition) is 3. The van der Waals surface area contributed by atoms with Gasteiger partial charge in [-0.05, 0) is 31.5 Å². The Morgan fingerprint density at radius 1 is 1.44 bits per heavy atom. The molecule has 0 aliphatic heterocycles. The number of amides is 3. The number of nitriles is 1. The molecule has 0 saturated heterocycles. The maximum absolute atomic E-state index is 11.5. The van der Waals surface area contributed by atoms with E-state index in [9.17, 15) is 9.59 Å². The van der Waals surface area contributed by atoms with Crippen molar-refractivity contribution in [3.05, 3.63) is 29.3 Å². The van der Waals surface area contributed by atoms with Crippen LogP contribution in [0.4, 0.5) is 10.5 Å². The topological polar surface area (TPSA) is 82.0 Å². The van der Waals surface area contributed by atoms with E-state index in [1.54, 1.807) is 19.1 Å². The predicted octanol–water partition coefficient (Wildman–Crippen LogP) is 2.14. The second kappa shape index (κ2) is 6.03. The number of carbonyl (C=O) groups is 2. The van der Waals surface area contributed by atoms with E-state index in [0.29, 0.717) is 11.3 Å². The largest absolute Gasteiger partial charge is 0.325 e. The van der Waals surface area contributed by atoms with Gasteiger partial charge in [0.05, 0.1) is 11.6 Å². The minimum Gasteiger partial charge on any atom is -0.307 e. The molecule has 0 radical (unpaired) electrons. The van der Waals surface area contributed by atoms with Gasteiger partial charge in [-0.25, -0.2) is 4.79 Å². The number of nitrogens with one attached hydrogen (secondary N) is 2. The first-order valence-corrected chi connectivity index (χ1v) is 5.64. The van der Waals surface area contributed by atoms with Crippen LogP contribution in [0.1, 0.15) is 18.1 Å². The summed E-state index contributed by atoms with van der Waals surface area (Å²) in [7, 11) is 0. The SMILES string of the molecule is Cc1ccc(C#N)cc1NC(=O)NC(=O)C(C)Cl. The summed E-state index contributed by atoms with van der Waals surface area (Å²) in [6.07, 6.45) is 0. The van der Waals surface area contributed by atoms with E-state index in [4.69, 9.17) is 16.9 Å². The Morgan fingerprint density at radius 2 is 2.11 bits per heavy atom. The molecule has 6 heteroatoms. The molecule has 0 aliphatic rings. The highest BCUT2D eigenvalue weighted by molar-refractivity contribution is 6.31. The average Bonchev–Trinajstić information content (AvgIpc) is 2.31. The van der Waals surface area contributed by atoms with Crippen molar-refractivity contribution >= 4 is 29.2 Å². The van der Waals surface area contributed by atoms with Crippen LogP contribution in [0, 0.1) is 18.3 Å². The van der Waals surface area contributed by atoms with Crippen molar-refractivity contribution in [1.82, 2.24) is 5.32 Å². The molecule has 0 fully saturated rings. The second-order valence-electron chi connectivity index (χ2n) is 3.70. The monoisotopic (exact) mass is 265 g/mol. The molecule has 2 N–H and O–H groups in total. The fourth-order valence-electron chi connectivity index (χ4n) is 1.19. The molecule has 3 amide bonds. The van der Waals surface area contributed by atoms with Crippen molar-refractivity contribution in [1.29, 1.82) is 5.26 Å². The van der Waals surface area contributed by atoms with Crippen molar-refractivity contribution in [2.75, 3.05) is 5.32 Å². The van der Waals surface area contributed by atoms with Crippen LogP contribution in [0.2, 0.25) is 0 Å². The molecular weight excluding hydrogens is 254 g/mol. The minimum atomic E-state index is -0.790. The molecule has 1 unspecified atom stereocenters. The summed E-state index contributed by atoms with van der Waals surface area (Å²) in [5.41, 5.74) is 1.69. The van der Waals surface area contributed by atoms with Crippen LogP contribution >= 0.6 is 11.6 Å². The number of rotatable bonds is 2. The quantitative estimate of drug-likeness (QED) is 0.804. The molecule has 5 nitrogen and oxygen atoms in total. The van der Waals surface area contributed by atoms with Gasteiger partial charge in [0.25, 0.3) is 0 Å². The lowest BCUT2D eigenvalue weighted by Crippen LogP contribution is -2.38. The normalized spacial score (nSPS) is 11.2. The predicted molar refractivity (Wildman–Crippen MR) is 68.4 cm³/mol. The number of urea groups is 1. The van der Waals surface area contributed by atoms with Crippen LogP contribution in [0.15, 0.2) is 18.2 Å². The van der Waals surface area contributed by atoms with Crippen molar-refractivity contribution in [2.45, 2.75) is 19.2 Å². The Bertz CT molecular complexity index is 521. The Kier molecular flexibility index (Phi) is 4.69. The molecule has 0 aromatic heterocycles. The summed E-state index contributed by atoms with van der Waals surface area (Å²) in [5.74, 6) is -0.580. The van der Waals surface area contributed by atoms with Gasteiger partial charge in [0.1, 0.15) is 5.38 Å². The summed E-state index contributed by atoms with van der Waals surface area (Å²) in [6, 6.07) is 6.17. The molecule has 0 saturated carbocycles. The fraction of sp³-hybridized carbons (Fsp3) is 0.250. The number of nitrogens with zero attached hydrogens (tertiary/aromatic N) is 1. The van der Waals surface area contributed by atoms with Crippen molar-refractivity contribution in [3.63, 3.8) is 0 Å². The van der Waals surface area contributed by atoms with Crippen LogP contribution in [0.25, 0.3) is 0 Å². The number of benzene rings is 1. The number of imide groups is 1. The van der Waals surface area contributed by atoms with E-state index >= 15 is 0 Å². The zero-order chi connectivity index (χ0) is 13.7. The summed E-state index contributed by atoms with van der Waals surface area (Å²) < 4.78 is 0. The molecular formula is C12H12ClN3O2. The van der Waals surface area contributed by atoms with Crippen molar-refractivity contribution in [3.8, 4) is 6.07 Å². The van der Waals surface area contributed by atoms with Crippen LogP contribution in [-0.2, 0) is 4.79 Å². The molecule has 94 valence electrons. The van der Waals surface area contributed by atoms with E-state index in [1.165, 1.54) is 13.0 Å². The van der Waals surface area contributed by atoms with Crippen molar-refractivity contribution < 1.29 is 9.59 Å². The van der Waals surface area contributed by atoms with Crippen LogP contribution in [0.5, 0.6) is 0 Å². The summed E-state index contributed by atoms with van der Waals surface area (Å²) in [6.45, 7) is 3.24. The van der Waals surface area contributed by atoms with Crippen LogP contribution in [-0.4, -0.2) is 17.3 Å². The third-order valence-electron chi connectivity index (χ3n) is 2.21. The van der Waals surface area contributed by atoms with Crippen molar-refractivity contribution in [2.24, 2.45) is 0 Å². The van der Waals surface area contributed by atoms with Gasteiger partial charge >= 0.3 is 6.03 Å². The standard InChI is InChI=1S/C12H12ClN3O2/c1-7-3-4-9(6-14)5-10(7)15-12(18)16-11(17)8(2)13/h3-5,8H,1-2H3,(H2,15,16,17,18). The van der Waals surface area contributed by atoms with E-state index in [0.717, 1.165) is 5.56 Å². The van der Waals surface area contributed by atoms with E-state index < -0.39 is 17.3 Å². The molecule has 0 heterocycles. The van der Waals surface area contributed by atoms with Gasteiger partial charge in [0, 0.05) is 5.69 Å². The number of anilines is 1. The Hall–Kier alpha value is -2.06. The third kappa shape index (κ3) is 3.75. The van der Waals surface area contributed by atoms with Gasteiger partial charge in [-0.15, -0.1) is 11.6 Å². The molecule has 0 bridgehead atoms.